The molecule has 1 N–H and O–H groups in total. The van der Waals surface area contributed by atoms with Crippen LogP contribution in [-0.2, 0) is 4.74 Å². The van der Waals surface area contributed by atoms with Gasteiger partial charge in [0, 0.05) is 30.7 Å². The van der Waals surface area contributed by atoms with E-state index in [0.29, 0.717) is 10.6 Å². The molecule has 5 heteroatoms. The summed E-state index contributed by atoms with van der Waals surface area (Å²) in [5.74, 6) is 0. The van der Waals surface area contributed by atoms with Crippen molar-refractivity contribution in [1.29, 1.82) is 5.26 Å². The lowest BCUT2D eigenvalue weighted by molar-refractivity contribution is 0.0368. The number of hydrogen-bond donors (Lipinski definition) is 1. The van der Waals surface area contributed by atoms with E-state index in [9.17, 15) is 0 Å². The molecule has 0 radical (unpaired) electrons. The van der Waals surface area contributed by atoms with E-state index in [1.54, 1.807) is 12.1 Å². The van der Waals surface area contributed by atoms with Gasteiger partial charge >= 0.3 is 0 Å². The van der Waals surface area contributed by atoms with Crippen LogP contribution in [0.1, 0.15) is 12.5 Å². The van der Waals surface area contributed by atoms with E-state index in [2.05, 4.69) is 23.2 Å². The summed E-state index contributed by atoms with van der Waals surface area (Å²) in [5.41, 5.74) is 1.42. The topological polar surface area (TPSA) is 48.3 Å². The molecule has 4 nitrogen and oxygen atoms in total. The first-order valence-electron chi connectivity index (χ1n) is 6.45. The Labute approximate surface area is 118 Å². The Hall–Kier alpha value is -1.28. The fraction of sp³-hybridized carbons (Fsp3) is 0.500. The summed E-state index contributed by atoms with van der Waals surface area (Å²) in [6.07, 6.45) is 0. The number of nitriles is 1. The highest BCUT2D eigenvalue weighted by Crippen LogP contribution is 2.20. The number of morpholine rings is 1. The molecule has 2 rings (SSSR count). The highest BCUT2D eigenvalue weighted by molar-refractivity contribution is 6.30. The van der Waals surface area contributed by atoms with Crippen molar-refractivity contribution in [2.45, 2.75) is 13.0 Å². The Morgan fingerprint density at radius 3 is 2.89 bits per heavy atom. The van der Waals surface area contributed by atoms with E-state index >= 15 is 0 Å². The molecule has 0 bridgehead atoms. The van der Waals surface area contributed by atoms with Crippen molar-refractivity contribution in [3.8, 4) is 6.07 Å². The Balaban J connectivity index is 1.94. The van der Waals surface area contributed by atoms with E-state index < -0.39 is 0 Å². The predicted octanol–water partition coefficient (Wildman–Crippen LogP) is 2.34. The number of anilines is 1. The van der Waals surface area contributed by atoms with Gasteiger partial charge in [0.2, 0.25) is 0 Å². The minimum Gasteiger partial charge on any atom is -0.380 e. The van der Waals surface area contributed by atoms with Crippen LogP contribution >= 0.6 is 11.6 Å². The van der Waals surface area contributed by atoms with E-state index in [1.807, 2.05) is 6.07 Å². The molecule has 102 valence electrons. The van der Waals surface area contributed by atoms with Crippen molar-refractivity contribution in [1.82, 2.24) is 4.90 Å². The van der Waals surface area contributed by atoms with Gasteiger partial charge in [-0.05, 0) is 25.1 Å². The van der Waals surface area contributed by atoms with Gasteiger partial charge in [-0.15, -0.1) is 0 Å². The van der Waals surface area contributed by atoms with Crippen molar-refractivity contribution < 1.29 is 4.74 Å². The number of hydrogen-bond acceptors (Lipinski definition) is 4. The Morgan fingerprint density at radius 1 is 1.47 bits per heavy atom. The average molecular weight is 280 g/mol. The number of halogens is 1. The van der Waals surface area contributed by atoms with Gasteiger partial charge < -0.3 is 10.1 Å². The predicted molar refractivity (Wildman–Crippen MR) is 76.5 cm³/mol. The summed E-state index contributed by atoms with van der Waals surface area (Å²) in [7, 11) is 0. The van der Waals surface area contributed by atoms with E-state index in [-0.39, 0.29) is 6.04 Å². The first-order chi connectivity index (χ1) is 9.19. The number of nitrogens with zero attached hydrogens (tertiary/aromatic N) is 2. The standard InChI is InChI=1S/C14H18ClN3O/c1-11(10-18-4-6-19-7-5-18)17-14-3-2-13(15)8-12(14)9-16/h2-3,8,11,17H,4-7,10H2,1H3. The summed E-state index contributed by atoms with van der Waals surface area (Å²) in [6, 6.07) is 7.78. The molecule has 1 fully saturated rings. The molecule has 1 aromatic carbocycles. The number of nitrogens with one attached hydrogen (secondary N) is 1. The molecule has 1 atom stereocenters. The highest BCUT2D eigenvalue weighted by Gasteiger charge is 2.14. The molecule has 1 saturated heterocycles. The third-order valence-corrected chi connectivity index (χ3v) is 3.37. The lowest BCUT2D eigenvalue weighted by Crippen LogP contribution is -2.42. The molecule has 19 heavy (non-hydrogen) atoms. The number of ether oxygens (including phenoxy) is 1. The van der Waals surface area contributed by atoms with Crippen LogP contribution in [0.4, 0.5) is 5.69 Å². The molecule has 0 aromatic heterocycles. The van der Waals surface area contributed by atoms with Gasteiger partial charge in [-0.2, -0.15) is 5.26 Å². The molecule has 0 saturated carbocycles. The molecule has 0 spiro atoms. The summed E-state index contributed by atoms with van der Waals surface area (Å²) in [5, 5.41) is 13.1. The minimum absolute atomic E-state index is 0.270. The fourth-order valence-electron chi connectivity index (χ4n) is 2.22. The molecule has 1 heterocycles. The van der Waals surface area contributed by atoms with Crippen molar-refractivity contribution in [3.63, 3.8) is 0 Å². The van der Waals surface area contributed by atoms with Crippen LogP contribution in [0.25, 0.3) is 0 Å². The lowest BCUT2D eigenvalue weighted by atomic mass is 10.1. The highest BCUT2D eigenvalue weighted by atomic mass is 35.5. The molecule has 1 aromatic rings. The molecule has 0 aliphatic carbocycles. The van der Waals surface area contributed by atoms with Crippen LogP contribution in [0.3, 0.4) is 0 Å². The second-order valence-electron chi connectivity index (χ2n) is 4.76. The largest absolute Gasteiger partial charge is 0.380 e. The van der Waals surface area contributed by atoms with E-state index in [0.717, 1.165) is 38.5 Å². The molecule has 1 unspecified atom stereocenters. The van der Waals surface area contributed by atoms with Gasteiger partial charge in [0.15, 0.2) is 0 Å². The van der Waals surface area contributed by atoms with Gasteiger partial charge in [0.25, 0.3) is 0 Å². The Kier molecular flexibility index (Phi) is 5.03. The van der Waals surface area contributed by atoms with E-state index in [1.165, 1.54) is 0 Å². The normalized spacial score (nSPS) is 17.7. The SMILES string of the molecule is CC(CN1CCOCC1)Nc1ccc(Cl)cc1C#N. The summed E-state index contributed by atoms with van der Waals surface area (Å²) in [4.78, 5) is 2.36. The molecule has 0 amide bonds. The van der Waals surface area contributed by atoms with Crippen LogP contribution in [0.5, 0.6) is 0 Å². The van der Waals surface area contributed by atoms with Crippen LogP contribution in [-0.4, -0.2) is 43.8 Å². The van der Waals surface area contributed by atoms with Crippen LogP contribution in [0, 0.1) is 11.3 Å². The fourth-order valence-corrected chi connectivity index (χ4v) is 2.39. The molecule has 1 aliphatic heterocycles. The molecular weight excluding hydrogens is 262 g/mol. The molecule has 1 aliphatic rings. The van der Waals surface area contributed by atoms with Crippen molar-refractivity contribution in [2.75, 3.05) is 38.2 Å². The number of rotatable bonds is 4. The van der Waals surface area contributed by atoms with Crippen LogP contribution < -0.4 is 5.32 Å². The maximum Gasteiger partial charge on any atom is 0.101 e. The minimum atomic E-state index is 0.270. The van der Waals surface area contributed by atoms with Crippen LogP contribution in [0.2, 0.25) is 5.02 Å². The van der Waals surface area contributed by atoms with E-state index in [4.69, 9.17) is 21.6 Å². The quantitative estimate of drug-likeness (QED) is 0.919. The van der Waals surface area contributed by atoms with Gasteiger partial charge in [-0.1, -0.05) is 11.6 Å². The third-order valence-electron chi connectivity index (χ3n) is 3.14. The van der Waals surface area contributed by atoms with Gasteiger partial charge in [0.1, 0.15) is 6.07 Å². The zero-order valence-electron chi connectivity index (χ0n) is 11.0. The first-order valence-corrected chi connectivity index (χ1v) is 6.83. The van der Waals surface area contributed by atoms with Crippen molar-refractivity contribution in [2.24, 2.45) is 0 Å². The second-order valence-corrected chi connectivity index (χ2v) is 5.20. The zero-order chi connectivity index (χ0) is 13.7. The summed E-state index contributed by atoms with van der Waals surface area (Å²) >= 11 is 5.89. The average Bonchev–Trinajstić information content (AvgIpc) is 2.42. The maximum absolute atomic E-state index is 9.10. The Bertz CT molecular complexity index is 466. The molecular formula is C14H18ClN3O. The Morgan fingerprint density at radius 2 is 2.21 bits per heavy atom. The van der Waals surface area contributed by atoms with Gasteiger partial charge in [0.05, 0.1) is 24.5 Å². The smallest absolute Gasteiger partial charge is 0.101 e. The first kappa shape index (κ1) is 14.1. The summed E-state index contributed by atoms with van der Waals surface area (Å²) in [6.45, 7) is 6.60. The number of benzene rings is 1. The van der Waals surface area contributed by atoms with Crippen LogP contribution in [0.15, 0.2) is 18.2 Å². The maximum atomic E-state index is 9.10. The monoisotopic (exact) mass is 279 g/mol. The van der Waals surface area contributed by atoms with Crippen molar-refractivity contribution in [3.05, 3.63) is 28.8 Å². The van der Waals surface area contributed by atoms with Crippen molar-refractivity contribution >= 4 is 17.3 Å². The zero-order valence-corrected chi connectivity index (χ0v) is 11.8. The lowest BCUT2D eigenvalue weighted by Gasteiger charge is -2.29. The third kappa shape index (κ3) is 4.10. The van der Waals surface area contributed by atoms with Gasteiger partial charge in [-0.25, -0.2) is 0 Å². The summed E-state index contributed by atoms with van der Waals surface area (Å²) < 4.78 is 5.33. The second kappa shape index (κ2) is 6.76. The van der Waals surface area contributed by atoms with Gasteiger partial charge in [-0.3, -0.25) is 4.90 Å².